The Kier molecular flexibility index (Phi) is 4.34. The summed E-state index contributed by atoms with van der Waals surface area (Å²) in [6.45, 7) is 1.74. The summed E-state index contributed by atoms with van der Waals surface area (Å²) in [7, 11) is -1.66. The Balaban J connectivity index is 1.97. The van der Waals surface area contributed by atoms with Crippen LogP contribution in [-0.4, -0.2) is 37.4 Å². The molecule has 1 aliphatic heterocycles. The predicted molar refractivity (Wildman–Crippen MR) is 106 cm³/mol. The van der Waals surface area contributed by atoms with Crippen molar-refractivity contribution in [3.8, 4) is 6.07 Å². The van der Waals surface area contributed by atoms with Gasteiger partial charge in [-0.15, -0.1) is 0 Å². The van der Waals surface area contributed by atoms with E-state index in [0.717, 1.165) is 36.0 Å². The third kappa shape index (κ3) is 3.05. The van der Waals surface area contributed by atoms with Crippen molar-refractivity contribution in [1.29, 1.82) is 5.26 Å². The summed E-state index contributed by atoms with van der Waals surface area (Å²) in [5.74, 6) is 0. The first-order valence-electron chi connectivity index (χ1n) is 8.74. The molecule has 0 saturated heterocycles. The van der Waals surface area contributed by atoms with E-state index in [-0.39, 0.29) is 4.90 Å². The number of hydrogen-bond donors (Lipinski definition) is 0. The van der Waals surface area contributed by atoms with Crippen molar-refractivity contribution < 1.29 is 8.42 Å². The zero-order valence-corrected chi connectivity index (χ0v) is 15.8. The van der Waals surface area contributed by atoms with Crippen molar-refractivity contribution in [2.24, 2.45) is 0 Å². The average molecular weight is 377 g/mol. The maximum absolute atomic E-state index is 13.2. The molecule has 0 fully saturated rings. The highest BCUT2D eigenvalue weighted by molar-refractivity contribution is 7.90. The molecule has 27 heavy (non-hydrogen) atoms. The summed E-state index contributed by atoms with van der Waals surface area (Å²) in [5.41, 5.74) is 3.12. The van der Waals surface area contributed by atoms with E-state index in [1.165, 1.54) is 3.97 Å². The van der Waals surface area contributed by atoms with E-state index in [0.29, 0.717) is 11.1 Å². The third-order valence-electron chi connectivity index (χ3n) is 4.96. The first-order chi connectivity index (χ1) is 13.0. The monoisotopic (exact) mass is 377 g/mol. The van der Waals surface area contributed by atoms with Gasteiger partial charge in [0.25, 0.3) is 10.0 Å². The molecule has 0 unspecified atom stereocenters. The molecule has 3 aromatic rings. The van der Waals surface area contributed by atoms with Gasteiger partial charge in [0.1, 0.15) is 0 Å². The fraction of sp³-hybridized carbons (Fsp3) is 0.190. The Morgan fingerprint density at radius 2 is 1.89 bits per heavy atom. The van der Waals surface area contributed by atoms with Crippen LogP contribution in [0.15, 0.2) is 65.7 Å². The van der Waals surface area contributed by atoms with Crippen LogP contribution in [0, 0.1) is 11.3 Å². The lowest BCUT2D eigenvalue weighted by Gasteiger charge is -2.21. The number of aromatic nitrogens is 1. The van der Waals surface area contributed by atoms with Crippen molar-refractivity contribution in [3.63, 3.8) is 0 Å². The molecule has 0 amide bonds. The molecule has 0 aliphatic carbocycles. The maximum Gasteiger partial charge on any atom is 0.268 e. The second-order valence-corrected chi connectivity index (χ2v) is 8.56. The van der Waals surface area contributed by atoms with Crippen molar-refractivity contribution >= 4 is 26.5 Å². The molecule has 2 heterocycles. The van der Waals surface area contributed by atoms with E-state index >= 15 is 0 Å². The van der Waals surface area contributed by atoms with Crippen LogP contribution < -0.4 is 0 Å². The van der Waals surface area contributed by atoms with Crippen LogP contribution in [0.3, 0.4) is 0 Å². The van der Waals surface area contributed by atoms with Gasteiger partial charge >= 0.3 is 0 Å². The van der Waals surface area contributed by atoms with Crippen LogP contribution in [0.5, 0.6) is 0 Å². The fourth-order valence-electron chi connectivity index (χ4n) is 3.45. The van der Waals surface area contributed by atoms with Crippen molar-refractivity contribution in [2.75, 3.05) is 20.1 Å². The molecule has 2 aromatic carbocycles. The summed E-state index contributed by atoms with van der Waals surface area (Å²) >= 11 is 0. The molecule has 0 saturated carbocycles. The number of fused-ring (bicyclic) bond motifs is 1. The smallest absolute Gasteiger partial charge is 0.268 e. The van der Waals surface area contributed by atoms with E-state index in [1.54, 1.807) is 54.7 Å². The Morgan fingerprint density at radius 3 is 2.56 bits per heavy atom. The fourth-order valence-corrected chi connectivity index (χ4v) is 4.84. The molecule has 6 heteroatoms. The predicted octanol–water partition coefficient (Wildman–Crippen LogP) is 3.47. The largest absolute Gasteiger partial charge is 0.302 e. The molecule has 1 aliphatic rings. The van der Waals surface area contributed by atoms with Gasteiger partial charge < -0.3 is 4.90 Å². The van der Waals surface area contributed by atoms with Crippen LogP contribution in [0.4, 0.5) is 0 Å². The summed E-state index contributed by atoms with van der Waals surface area (Å²) in [6.07, 6.45) is 4.68. The molecule has 0 radical (unpaired) electrons. The molecular weight excluding hydrogens is 358 g/mol. The minimum Gasteiger partial charge on any atom is -0.302 e. The Morgan fingerprint density at radius 1 is 1.11 bits per heavy atom. The molecule has 0 atom stereocenters. The lowest BCUT2D eigenvalue weighted by atomic mass is 9.98. The van der Waals surface area contributed by atoms with E-state index in [1.807, 2.05) is 0 Å². The standard InChI is InChI=1S/C21H19N3O2S/c1-23-11-9-17(10-12-23)20-15-24(21-8-7-16(14-22)13-19(20)21)27(25,26)18-5-3-2-4-6-18/h2-9,13,15H,10-12H2,1H3. The van der Waals surface area contributed by atoms with Gasteiger partial charge in [-0.05, 0) is 49.4 Å². The highest BCUT2D eigenvalue weighted by Crippen LogP contribution is 2.33. The van der Waals surface area contributed by atoms with Crippen LogP contribution in [0.1, 0.15) is 17.5 Å². The van der Waals surface area contributed by atoms with Gasteiger partial charge in [-0.25, -0.2) is 12.4 Å². The third-order valence-corrected chi connectivity index (χ3v) is 6.65. The van der Waals surface area contributed by atoms with E-state index in [9.17, 15) is 13.7 Å². The summed E-state index contributed by atoms with van der Waals surface area (Å²) in [6, 6.07) is 15.7. The highest BCUT2D eigenvalue weighted by Gasteiger charge is 2.23. The van der Waals surface area contributed by atoms with Crippen LogP contribution in [-0.2, 0) is 10.0 Å². The minimum atomic E-state index is -3.72. The summed E-state index contributed by atoms with van der Waals surface area (Å²) in [5, 5.41) is 10.1. The number of nitriles is 1. The van der Waals surface area contributed by atoms with Gasteiger partial charge in [-0.1, -0.05) is 24.3 Å². The molecule has 1 aromatic heterocycles. The highest BCUT2D eigenvalue weighted by atomic mass is 32.2. The van der Waals surface area contributed by atoms with Gasteiger partial charge in [-0.3, -0.25) is 0 Å². The SMILES string of the molecule is CN1CC=C(c2cn(S(=O)(=O)c3ccccc3)c3ccc(C#N)cc23)CC1. The van der Waals surface area contributed by atoms with E-state index in [4.69, 9.17) is 0 Å². The van der Waals surface area contributed by atoms with Gasteiger partial charge in [0.15, 0.2) is 0 Å². The first kappa shape index (κ1) is 17.5. The molecule has 5 nitrogen and oxygen atoms in total. The number of likely N-dealkylation sites (N-methyl/N-ethyl adjacent to an activating group) is 1. The zero-order valence-electron chi connectivity index (χ0n) is 15.0. The molecule has 0 N–H and O–H groups in total. The second-order valence-electron chi connectivity index (χ2n) is 6.74. The molecule has 4 rings (SSSR count). The van der Waals surface area contributed by atoms with Gasteiger partial charge in [-0.2, -0.15) is 5.26 Å². The summed E-state index contributed by atoms with van der Waals surface area (Å²) in [4.78, 5) is 2.46. The maximum atomic E-state index is 13.2. The molecule has 136 valence electrons. The van der Waals surface area contributed by atoms with E-state index in [2.05, 4.69) is 24.1 Å². The lowest BCUT2D eigenvalue weighted by Crippen LogP contribution is -2.23. The number of nitrogens with zero attached hydrogens (tertiary/aromatic N) is 3. The van der Waals surface area contributed by atoms with Crippen molar-refractivity contribution in [3.05, 3.63) is 71.9 Å². The Labute approximate surface area is 158 Å². The quantitative estimate of drug-likeness (QED) is 0.701. The van der Waals surface area contributed by atoms with Crippen molar-refractivity contribution in [2.45, 2.75) is 11.3 Å². The van der Waals surface area contributed by atoms with Gasteiger partial charge in [0.05, 0.1) is 22.0 Å². The Bertz CT molecular complexity index is 1190. The normalized spacial score (nSPS) is 15.5. The number of rotatable bonds is 3. The number of benzene rings is 2. The molecule has 0 spiro atoms. The lowest BCUT2D eigenvalue weighted by molar-refractivity contribution is 0.370. The molecular formula is C21H19N3O2S. The minimum absolute atomic E-state index is 0.246. The molecule has 0 bridgehead atoms. The Hall–Kier alpha value is -2.88. The topological polar surface area (TPSA) is 66.1 Å². The van der Waals surface area contributed by atoms with Crippen LogP contribution >= 0.6 is 0 Å². The van der Waals surface area contributed by atoms with Gasteiger partial charge in [0, 0.05) is 30.2 Å². The van der Waals surface area contributed by atoms with E-state index < -0.39 is 10.0 Å². The van der Waals surface area contributed by atoms with Gasteiger partial charge in [0.2, 0.25) is 0 Å². The van der Waals surface area contributed by atoms with Crippen LogP contribution in [0.2, 0.25) is 0 Å². The zero-order chi connectivity index (χ0) is 19.0. The van der Waals surface area contributed by atoms with Crippen molar-refractivity contribution in [1.82, 2.24) is 8.87 Å². The second kappa shape index (κ2) is 6.69. The first-order valence-corrected chi connectivity index (χ1v) is 10.2. The number of hydrogen-bond acceptors (Lipinski definition) is 4. The average Bonchev–Trinajstić information content (AvgIpc) is 3.09. The summed E-state index contributed by atoms with van der Waals surface area (Å²) < 4.78 is 27.8. The van der Waals surface area contributed by atoms with Crippen LogP contribution in [0.25, 0.3) is 16.5 Å².